The first-order valence-electron chi connectivity index (χ1n) is 8.57. The summed E-state index contributed by atoms with van der Waals surface area (Å²) in [4.78, 5) is 15.8. The summed E-state index contributed by atoms with van der Waals surface area (Å²) in [5.41, 5.74) is 0.765. The van der Waals surface area contributed by atoms with Crippen molar-refractivity contribution in [1.82, 2.24) is 14.9 Å². The summed E-state index contributed by atoms with van der Waals surface area (Å²) in [5, 5.41) is 5.68. The molecule has 1 aliphatic rings. The number of ether oxygens (including phenoxy) is 1. The molecular weight excluding hydrogens is 304 g/mol. The van der Waals surface area contributed by atoms with E-state index in [1.54, 1.807) is 12.5 Å². The molecule has 1 heterocycles. The Morgan fingerprint density at radius 3 is 2.75 bits per heavy atom. The van der Waals surface area contributed by atoms with Crippen molar-refractivity contribution in [3.63, 3.8) is 0 Å². The smallest absolute Gasteiger partial charge is 0.319 e. The van der Waals surface area contributed by atoms with E-state index in [0.29, 0.717) is 12.6 Å². The highest BCUT2D eigenvalue weighted by Crippen LogP contribution is 2.24. The summed E-state index contributed by atoms with van der Waals surface area (Å²) < 4.78 is 7.90. The summed E-state index contributed by atoms with van der Waals surface area (Å²) in [6.07, 6.45) is 11.4. The number of nitrogens with one attached hydrogen (secondary N) is 2. The van der Waals surface area contributed by atoms with E-state index in [2.05, 4.69) is 15.6 Å². The third kappa shape index (κ3) is 5.01. The van der Waals surface area contributed by atoms with Crippen LogP contribution < -0.4 is 15.4 Å². The van der Waals surface area contributed by atoms with Gasteiger partial charge in [-0.1, -0.05) is 0 Å². The van der Waals surface area contributed by atoms with Crippen molar-refractivity contribution in [2.24, 2.45) is 0 Å². The quantitative estimate of drug-likeness (QED) is 0.765. The van der Waals surface area contributed by atoms with Crippen molar-refractivity contribution in [2.75, 3.05) is 11.9 Å². The lowest BCUT2D eigenvalue weighted by molar-refractivity contribution is 0.210. The first kappa shape index (κ1) is 16.4. The molecule has 1 aromatic carbocycles. The number of nitrogens with zero attached hydrogens (tertiary/aromatic N) is 2. The normalized spacial score (nSPS) is 14.5. The Kier molecular flexibility index (Phi) is 5.71. The minimum absolute atomic E-state index is 0.190. The van der Waals surface area contributed by atoms with Gasteiger partial charge in [0.15, 0.2) is 0 Å². The molecule has 2 N–H and O–H groups in total. The van der Waals surface area contributed by atoms with Crippen LogP contribution in [0.3, 0.4) is 0 Å². The number of amides is 2. The van der Waals surface area contributed by atoms with Crippen LogP contribution in [0.2, 0.25) is 0 Å². The highest BCUT2D eigenvalue weighted by atomic mass is 16.5. The zero-order chi connectivity index (χ0) is 16.6. The Hall–Kier alpha value is -2.50. The van der Waals surface area contributed by atoms with Crippen LogP contribution >= 0.6 is 0 Å². The lowest BCUT2D eigenvalue weighted by Crippen LogP contribution is -2.30. The van der Waals surface area contributed by atoms with Crippen molar-refractivity contribution >= 4 is 11.7 Å². The number of hydrogen-bond acceptors (Lipinski definition) is 3. The van der Waals surface area contributed by atoms with Crippen LogP contribution in [-0.4, -0.2) is 28.2 Å². The van der Waals surface area contributed by atoms with Crippen molar-refractivity contribution in [2.45, 2.75) is 44.8 Å². The van der Waals surface area contributed by atoms with E-state index in [-0.39, 0.29) is 6.03 Å². The number of urea groups is 1. The number of hydrogen-bond donors (Lipinski definition) is 2. The second kappa shape index (κ2) is 8.38. The highest BCUT2D eigenvalue weighted by Gasteiger charge is 2.16. The summed E-state index contributed by atoms with van der Waals surface area (Å²) in [5.74, 6) is 0.869. The van der Waals surface area contributed by atoms with Gasteiger partial charge in [0.2, 0.25) is 0 Å². The van der Waals surface area contributed by atoms with Crippen LogP contribution in [-0.2, 0) is 6.54 Å². The van der Waals surface area contributed by atoms with Gasteiger partial charge in [-0.2, -0.15) is 0 Å². The molecule has 24 heavy (non-hydrogen) atoms. The maximum atomic E-state index is 11.9. The summed E-state index contributed by atoms with van der Waals surface area (Å²) >= 11 is 0. The molecule has 0 aliphatic heterocycles. The average Bonchev–Trinajstić information content (AvgIpc) is 3.27. The lowest BCUT2D eigenvalue weighted by Gasteiger charge is -2.13. The van der Waals surface area contributed by atoms with Gasteiger partial charge in [0.1, 0.15) is 5.75 Å². The number of imidazole rings is 1. The van der Waals surface area contributed by atoms with Crippen LogP contribution in [0.5, 0.6) is 5.75 Å². The molecule has 3 rings (SSSR count). The molecule has 2 amide bonds. The predicted octanol–water partition coefficient (Wildman–Crippen LogP) is 3.42. The molecule has 1 aliphatic carbocycles. The van der Waals surface area contributed by atoms with Gasteiger partial charge in [0.05, 0.1) is 12.4 Å². The molecule has 2 aromatic rings. The largest absolute Gasteiger partial charge is 0.490 e. The van der Waals surface area contributed by atoms with E-state index in [1.165, 1.54) is 12.8 Å². The van der Waals surface area contributed by atoms with Crippen LogP contribution in [0, 0.1) is 0 Å². The number of carbonyl (C=O) groups is 1. The van der Waals surface area contributed by atoms with E-state index in [4.69, 9.17) is 4.74 Å². The van der Waals surface area contributed by atoms with Gasteiger partial charge in [-0.25, -0.2) is 9.78 Å². The third-order valence-corrected chi connectivity index (χ3v) is 4.15. The monoisotopic (exact) mass is 328 g/mol. The van der Waals surface area contributed by atoms with Crippen LogP contribution in [0.4, 0.5) is 10.5 Å². The van der Waals surface area contributed by atoms with E-state index in [9.17, 15) is 4.79 Å². The molecule has 1 aromatic heterocycles. The van der Waals surface area contributed by atoms with E-state index < -0.39 is 0 Å². The maximum absolute atomic E-state index is 11.9. The van der Waals surface area contributed by atoms with Gasteiger partial charge in [-0.15, -0.1) is 0 Å². The Labute approximate surface area is 142 Å². The first-order chi connectivity index (χ1) is 11.8. The molecule has 0 radical (unpaired) electrons. The molecule has 6 heteroatoms. The number of anilines is 1. The topological polar surface area (TPSA) is 68.2 Å². The zero-order valence-corrected chi connectivity index (χ0v) is 13.8. The number of rotatable bonds is 7. The predicted molar refractivity (Wildman–Crippen MR) is 93.2 cm³/mol. The molecular formula is C18H24N4O2. The molecule has 1 saturated carbocycles. The number of aryl methyl sites for hydroxylation is 1. The molecule has 0 saturated heterocycles. The molecule has 1 fully saturated rings. The third-order valence-electron chi connectivity index (χ3n) is 4.15. The number of carbonyl (C=O) groups excluding carboxylic acids is 1. The van der Waals surface area contributed by atoms with Crippen LogP contribution in [0.15, 0.2) is 43.0 Å². The molecule has 6 nitrogen and oxygen atoms in total. The Balaban J connectivity index is 1.36. The number of aromatic nitrogens is 2. The fourth-order valence-electron chi connectivity index (χ4n) is 2.87. The summed E-state index contributed by atoms with van der Waals surface area (Å²) in [7, 11) is 0. The van der Waals surface area contributed by atoms with Crippen LogP contribution in [0.25, 0.3) is 0 Å². The van der Waals surface area contributed by atoms with Gasteiger partial charge >= 0.3 is 6.03 Å². The second-order valence-electron chi connectivity index (χ2n) is 6.08. The Bertz CT molecular complexity index is 619. The van der Waals surface area contributed by atoms with Crippen molar-refractivity contribution < 1.29 is 9.53 Å². The second-order valence-corrected chi connectivity index (χ2v) is 6.08. The van der Waals surface area contributed by atoms with E-state index in [0.717, 1.165) is 37.2 Å². The minimum atomic E-state index is -0.190. The van der Waals surface area contributed by atoms with Gasteiger partial charge < -0.3 is 19.9 Å². The minimum Gasteiger partial charge on any atom is -0.490 e. The molecule has 0 spiro atoms. The van der Waals surface area contributed by atoms with Crippen molar-refractivity contribution in [3.8, 4) is 5.75 Å². The SMILES string of the molecule is O=C(NCCCn1ccnc1)Nc1ccc(OC2CCCC2)cc1. The van der Waals surface area contributed by atoms with Gasteiger partial charge in [0, 0.05) is 31.2 Å². The fourth-order valence-corrected chi connectivity index (χ4v) is 2.87. The summed E-state index contributed by atoms with van der Waals surface area (Å²) in [6.45, 7) is 1.46. The fraction of sp³-hybridized carbons (Fsp3) is 0.444. The highest BCUT2D eigenvalue weighted by molar-refractivity contribution is 5.89. The van der Waals surface area contributed by atoms with E-state index in [1.807, 2.05) is 35.0 Å². The average molecular weight is 328 g/mol. The van der Waals surface area contributed by atoms with Gasteiger partial charge in [-0.3, -0.25) is 0 Å². The Morgan fingerprint density at radius 2 is 2.04 bits per heavy atom. The first-order valence-corrected chi connectivity index (χ1v) is 8.57. The Morgan fingerprint density at radius 1 is 1.25 bits per heavy atom. The van der Waals surface area contributed by atoms with Crippen LogP contribution in [0.1, 0.15) is 32.1 Å². The number of benzene rings is 1. The van der Waals surface area contributed by atoms with Gasteiger partial charge in [-0.05, 0) is 56.4 Å². The lowest BCUT2D eigenvalue weighted by atomic mass is 10.3. The van der Waals surface area contributed by atoms with Crippen molar-refractivity contribution in [1.29, 1.82) is 0 Å². The van der Waals surface area contributed by atoms with Crippen molar-refractivity contribution in [3.05, 3.63) is 43.0 Å². The standard InChI is InChI=1S/C18H24N4O2/c23-18(20-10-3-12-22-13-11-19-14-22)21-15-6-8-17(9-7-15)24-16-4-1-2-5-16/h6-9,11,13-14,16H,1-5,10,12H2,(H2,20,21,23). The molecule has 128 valence electrons. The molecule has 0 atom stereocenters. The molecule has 0 unspecified atom stereocenters. The molecule has 0 bridgehead atoms. The maximum Gasteiger partial charge on any atom is 0.319 e. The summed E-state index contributed by atoms with van der Waals surface area (Å²) in [6, 6.07) is 7.37. The zero-order valence-electron chi connectivity index (χ0n) is 13.8. The van der Waals surface area contributed by atoms with E-state index >= 15 is 0 Å². The van der Waals surface area contributed by atoms with Gasteiger partial charge in [0.25, 0.3) is 0 Å².